The number of nitrogens with one attached hydrogen (secondary N) is 1. The molecule has 2 rings (SSSR count). The minimum absolute atomic E-state index is 0.446. The van der Waals surface area contributed by atoms with Crippen LogP contribution in [0, 0.1) is 0 Å². The van der Waals surface area contributed by atoms with Gasteiger partial charge in [0.2, 0.25) is 0 Å². The van der Waals surface area contributed by atoms with Crippen LogP contribution in [0.25, 0.3) is 6.08 Å². The first-order valence-corrected chi connectivity index (χ1v) is 8.15. The molecule has 1 aromatic rings. The average Bonchev–Trinajstić information content (AvgIpc) is 2.57. The number of hydrogen-bond acceptors (Lipinski definition) is 3. The zero-order valence-corrected chi connectivity index (χ0v) is 14.5. The fourth-order valence-electron chi connectivity index (χ4n) is 2.83. The third-order valence-electron chi connectivity index (χ3n) is 4.03. The van der Waals surface area contributed by atoms with E-state index < -0.39 is 0 Å². The van der Waals surface area contributed by atoms with Gasteiger partial charge in [0, 0.05) is 19.3 Å². The molecule has 4 heteroatoms. The normalized spacial score (nSPS) is 20.5. The Kier molecular flexibility index (Phi) is 6.41. The van der Waals surface area contributed by atoms with Crippen LogP contribution < -0.4 is 15.0 Å². The van der Waals surface area contributed by atoms with Crippen LogP contribution in [0.1, 0.15) is 32.3 Å². The van der Waals surface area contributed by atoms with E-state index in [9.17, 15) is 0 Å². The van der Waals surface area contributed by atoms with Gasteiger partial charge in [-0.2, -0.15) is 0 Å². The highest BCUT2D eigenvalue weighted by atomic mass is 16.5. The Labute approximate surface area is 139 Å². The molecule has 0 bridgehead atoms. The van der Waals surface area contributed by atoms with Gasteiger partial charge in [-0.1, -0.05) is 23.8 Å². The largest absolute Gasteiger partial charge is 0.495 e. The molecule has 1 atom stereocenters. The van der Waals surface area contributed by atoms with Crippen LogP contribution in [0.3, 0.4) is 0 Å². The molecule has 1 aliphatic rings. The minimum atomic E-state index is 0.446. The smallest absolute Gasteiger partial charge is 0.143 e. The maximum Gasteiger partial charge on any atom is 0.143 e. The number of piperidine rings is 1. The average molecular weight is 313 g/mol. The van der Waals surface area contributed by atoms with E-state index in [1.807, 2.05) is 24.1 Å². The summed E-state index contributed by atoms with van der Waals surface area (Å²) >= 11 is 0. The standard InChI is InChI=1S/C19H27N3O/c1-5-11-22(14-20-3)18-9-8-16(13-19(18)23-4)12-17-7-6-10-21-15(17)2/h5,8-9,11-15,21H,6-7,10H2,1-4H3/b11-5+,17-12+,20-14?. The maximum absolute atomic E-state index is 5.59. The summed E-state index contributed by atoms with van der Waals surface area (Å²) in [6.07, 6.45) is 10.4. The van der Waals surface area contributed by atoms with Crippen molar-refractivity contribution >= 4 is 18.1 Å². The molecular formula is C19H27N3O. The van der Waals surface area contributed by atoms with E-state index in [0.29, 0.717) is 6.04 Å². The van der Waals surface area contributed by atoms with Crippen molar-refractivity contribution in [2.75, 3.05) is 25.6 Å². The Balaban J connectivity index is 2.33. The van der Waals surface area contributed by atoms with Crippen LogP contribution in [0.2, 0.25) is 0 Å². The van der Waals surface area contributed by atoms with Crippen LogP contribution in [-0.4, -0.2) is 33.1 Å². The lowest BCUT2D eigenvalue weighted by molar-refractivity contribution is 0.416. The van der Waals surface area contributed by atoms with E-state index in [1.54, 1.807) is 20.5 Å². The van der Waals surface area contributed by atoms with Crippen molar-refractivity contribution < 1.29 is 4.74 Å². The summed E-state index contributed by atoms with van der Waals surface area (Å²) < 4.78 is 5.59. The number of benzene rings is 1. The fraction of sp³-hybridized carbons (Fsp3) is 0.421. The van der Waals surface area contributed by atoms with E-state index >= 15 is 0 Å². The molecule has 1 aliphatic heterocycles. The van der Waals surface area contributed by atoms with Crippen molar-refractivity contribution in [3.05, 3.63) is 41.6 Å². The monoisotopic (exact) mass is 313 g/mol. The van der Waals surface area contributed by atoms with Crippen molar-refractivity contribution in [2.45, 2.75) is 32.7 Å². The van der Waals surface area contributed by atoms with Crippen molar-refractivity contribution in [1.82, 2.24) is 5.32 Å². The summed E-state index contributed by atoms with van der Waals surface area (Å²) in [4.78, 5) is 6.07. The van der Waals surface area contributed by atoms with Gasteiger partial charge in [0.25, 0.3) is 0 Å². The van der Waals surface area contributed by atoms with E-state index in [2.05, 4.69) is 41.5 Å². The molecule has 0 aromatic heterocycles. The molecule has 4 nitrogen and oxygen atoms in total. The lowest BCUT2D eigenvalue weighted by Gasteiger charge is -2.24. The van der Waals surface area contributed by atoms with E-state index in [1.165, 1.54) is 17.6 Å². The lowest BCUT2D eigenvalue weighted by Crippen LogP contribution is -2.33. The Bertz CT molecular complexity index is 593. The third kappa shape index (κ3) is 4.45. The first-order chi connectivity index (χ1) is 11.2. The number of anilines is 1. The number of methoxy groups -OCH3 is 1. The maximum atomic E-state index is 5.59. The Hall–Kier alpha value is -2.07. The quantitative estimate of drug-likeness (QED) is 0.662. The Morgan fingerprint density at radius 1 is 1.39 bits per heavy atom. The molecule has 1 N–H and O–H groups in total. The molecule has 1 aromatic carbocycles. The fourth-order valence-corrected chi connectivity index (χ4v) is 2.83. The number of nitrogens with zero attached hydrogens (tertiary/aromatic N) is 2. The van der Waals surface area contributed by atoms with Crippen LogP contribution >= 0.6 is 0 Å². The zero-order chi connectivity index (χ0) is 16.7. The predicted molar refractivity (Wildman–Crippen MR) is 99.4 cm³/mol. The van der Waals surface area contributed by atoms with Gasteiger partial charge in [0.05, 0.1) is 19.1 Å². The summed E-state index contributed by atoms with van der Waals surface area (Å²) in [6.45, 7) is 5.32. The molecule has 1 unspecified atom stereocenters. The molecule has 0 aliphatic carbocycles. The van der Waals surface area contributed by atoms with Crippen molar-refractivity contribution in [1.29, 1.82) is 0 Å². The molecule has 1 fully saturated rings. The molecule has 0 radical (unpaired) electrons. The van der Waals surface area contributed by atoms with Crippen LogP contribution in [0.4, 0.5) is 5.69 Å². The minimum Gasteiger partial charge on any atom is -0.495 e. The van der Waals surface area contributed by atoms with Gasteiger partial charge < -0.3 is 15.0 Å². The third-order valence-corrected chi connectivity index (χ3v) is 4.03. The second-order valence-corrected chi connectivity index (χ2v) is 5.69. The number of allylic oxidation sites excluding steroid dienone is 1. The van der Waals surface area contributed by atoms with E-state index in [4.69, 9.17) is 4.74 Å². The number of rotatable bonds is 5. The summed E-state index contributed by atoms with van der Waals surface area (Å²) in [7, 11) is 3.47. The van der Waals surface area contributed by atoms with Crippen LogP contribution in [-0.2, 0) is 0 Å². The van der Waals surface area contributed by atoms with E-state index in [-0.39, 0.29) is 0 Å². The summed E-state index contributed by atoms with van der Waals surface area (Å²) in [6, 6.07) is 6.74. The molecular weight excluding hydrogens is 286 g/mol. The highest BCUT2D eigenvalue weighted by Crippen LogP contribution is 2.30. The highest BCUT2D eigenvalue weighted by Gasteiger charge is 2.14. The zero-order valence-electron chi connectivity index (χ0n) is 14.5. The van der Waals surface area contributed by atoms with Gasteiger partial charge in [0.1, 0.15) is 5.75 Å². The topological polar surface area (TPSA) is 36.9 Å². The first-order valence-electron chi connectivity index (χ1n) is 8.15. The van der Waals surface area contributed by atoms with Crippen LogP contribution in [0.15, 0.2) is 41.0 Å². The molecule has 23 heavy (non-hydrogen) atoms. The van der Waals surface area contributed by atoms with E-state index in [0.717, 1.165) is 24.4 Å². The summed E-state index contributed by atoms with van der Waals surface area (Å²) in [5.41, 5.74) is 3.60. The molecule has 0 saturated carbocycles. The number of aliphatic imine (C=N–C) groups is 1. The molecule has 124 valence electrons. The summed E-state index contributed by atoms with van der Waals surface area (Å²) in [5, 5.41) is 3.51. The van der Waals surface area contributed by atoms with Gasteiger partial charge in [-0.15, -0.1) is 0 Å². The second-order valence-electron chi connectivity index (χ2n) is 5.69. The molecule has 1 saturated heterocycles. The SMILES string of the molecule is C/C=C/N(C=NC)c1ccc(/C=C2\CCCNC2C)cc1OC. The highest BCUT2D eigenvalue weighted by molar-refractivity contribution is 5.85. The number of ether oxygens (including phenoxy) is 1. The molecule has 0 amide bonds. The predicted octanol–water partition coefficient (Wildman–Crippen LogP) is 3.85. The van der Waals surface area contributed by atoms with Crippen molar-refractivity contribution in [2.24, 2.45) is 4.99 Å². The van der Waals surface area contributed by atoms with Crippen molar-refractivity contribution in [3.63, 3.8) is 0 Å². The lowest BCUT2D eigenvalue weighted by atomic mass is 9.96. The molecule has 1 heterocycles. The van der Waals surface area contributed by atoms with Gasteiger partial charge in [-0.3, -0.25) is 4.99 Å². The Morgan fingerprint density at radius 3 is 2.87 bits per heavy atom. The van der Waals surface area contributed by atoms with Gasteiger partial charge in [-0.25, -0.2) is 0 Å². The van der Waals surface area contributed by atoms with Gasteiger partial charge in [0.15, 0.2) is 0 Å². The van der Waals surface area contributed by atoms with Crippen molar-refractivity contribution in [3.8, 4) is 5.75 Å². The Morgan fingerprint density at radius 2 is 2.22 bits per heavy atom. The van der Waals surface area contributed by atoms with Crippen LogP contribution in [0.5, 0.6) is 5.75 Å². The second kappa shape index (κ2) is 8.53. The van der Waals surface area contributed by atoms with Gasteiger partial charge in [-0.05, 0) is 50.9 Å². The first kappa shape index (κ1) is 17.3. The summed E-state index contributed by atoms with van der Waals surface area (Å²) in [5.74, 6) is 0.841. The van der Waals surface area contributed by atoms with Gasteiger partial charge >= 0.3 is 0 Å². The molecule has 0 spiro atoms. The number of hydrogen-bond donors (Lipinski definition) is 1.